The molecule has 3 rings (SSSR count). The molecule has 0 saturated heterocycles. The Bertz CT molecular complexity index is 944. The Morgan fingerprint density at radius 3 is 2.76 bits per heavy atom. The summed E-state index contributed by atoms with van der Waals surface area (Å²) in [5.74, 6) is -1.40. The first-order valence-electron chi connectivity index (χ1n) is 9.59. The normalized spacial score (nSPS) is 11.1. The summed E-state index contributed by atoms with van der Waals surface area (Å²) in [5.41, 5.74) is 4.89. The van der Waals surface area contributed by atoms with E-state index in [0.29, 0.717) is 11.7 Å². The van der Waals surface area contributed by atoms with E-state index in [1.54, 1.807) is 0 Å². The zero-order valence-electron chi connectivity index (χ0n) is 16.2. The number of ether oxygens (including phenoxy) is 1. The summed E-state index contributed by atoms with van der Waals surface area (Å²) >= 11 is 1.40. The average molecular weight is 416 g/mol. The molecule has 152 valence electrons. The van der Waals surface area contributed by atoms with Gasteiger partial charge in [0.15, 0.2) is 11.6 Å². The van der Waals surface area contributed by atoms with Gasteiger partial charge in [-0.15, -0.1) is 11.3 Å². The van der Waals surface area contributed by atoms with E-state index in [-0.39, 0.29) is 11.3 Å². The van der Waals surface area contributed by atoms with E-state index in [1.807, 2.05) is 35.7 Å². The molecule has 0 saturated carbocycles. The molecule has 29 heavy (non-hydrogen) atoms. The fourth-order valence-corrected chi connectivity index (χ4v) is 3.42. The van der Waals surface area contributed by atoms with Gasteiger partial charge in [-0.25, -0.2) is 13.8 Å². The van der Waals surface area contributed by atoms with E-state index in [1.165, 1.54) is 23.6 Å². The minimum Gasteiger partial charge on any atom is -0.490 e. The second-order valence-electron chi connectivity index (χ2n) is 6.49. The lowest BCUT2D eigenvalue weighted by Crippen LogP contribution is -2.04. The molecule has 3 aromatic rings. The van der Waals surface area contributed by atoms with Crippen molar-refractivity contribution in [3.63, 3.8) is 0 Å². The fourth-order valence-electron chi connectivity index (χ4n) is 2.76. The number of benzene rings is 2. The second-order valence-corrected chi connectivity index (χ2v) is 7.35. The molecule has 0 unspecified atom stereocenters. The Morgan fingerprint density at radius 1 is 1.14 bits per heavy atom. The molecule has 7 heteroatoms. The van der Waals surface area contributed by atoms with Crippen molar-refractivity contribution in [2.75, 3.05) is 12.0 Å². The van der Waals surface area contributed by atoms with Gasteiger partial charge in [-0.2, -0.15) is 5.10 Å². The summed E-state index contributed by atoms with van der Waals surface area (Å²) in [5, 5.41) is 6.58. The number of hydrazone groups is 1. The molecule has 0 fully saturated rings. The first-order valence-corrected chi connectivity index (χ1v) is 10.5. The number of unbranched alkanes of at least 4 members (excludes halogenated alkanes) is 3. The van der Waals surface area contributed by atoms with Crippen LogP contribution in [0.2, 0.25) is 0 Å². The van der Waals surface area contributed by atoms with E-state index in [0.717, 1.165) is 43.0 Å². The summed E-state index contributed by atoms with van der Waals surface area (Å²) in [7, 11) is 0. The molecule has 0 bridgehead atoms. The molecule has 1 aromatic heterocycles. The average Bonchev–Trinajstić information content (AvgIpc) is 3.19. The van der Waals surface area contributed by atoms with Gasteiger partial charge in [0.25, 0.3) is 0 Å². The van der Waals surface area contributed by atoms with E-state index in [9.17, 15) is 8.78 Å². The maximum atomic E-state index is 14.2. The van der Waals surface area contributed by atoms with Crippen molar-refractivity contribution in [2.45, 2.75) is 32.6 Å². The van der Waals surface area contributed by atoms with E-state index in [4.69, 9.17) is 4.74 Å². The number of nitrogens with one attached hydrogen (secondary N) is 1. The monoisotopic (exact) mass is 415 g/mol. The van der Waals surface area contributed by atoms with Crippen molar-refractivity contribution in [2.24, 2.45) is 5.10 Å². The molecular formula is C22H23F2N3OS. The van der Waals surface area contributed by atoms with Crippen LogP contribution >= 0.6 is 11.3 Å². The summed E-state index contributed by atoms with van der Waals surface area (Å²) < 4.78 is 33.4. The Kier molecular flexibility index (Phi) is 7.69. The molecule has 1 heterocycles. The SMILES string of the molecule is CCCCCCOc1c(F)cc(F)cc1C=NNc1nc(-c2ccccc2)cs1. The van der Waals surface area contributed by atoms with Gasteiger partial charge >= 0.3 is 0 Å². The van der Waals surface area contributed by atoms with Crippen LogP contribution in [-0.2, 0) is 0 Å². The summed E-state index contributed by atoms with van der Waals surface area (Å²) in [6, 6.07) is 11.8. The lowest BCUT2D eigenvalue weighted by atomic mass is 10.2. The minimum atomic E-state index is -0.734. The maximum absolute atomic E-state index is 14.2. The molecule has 0 spiro atoms. The predicted molar refractivity (Wildman–Crippen MR) is 115 cm³/mol. The lowest BCUT2D eigenvalue weighted by Gasteiger charge is -2.10. The number of halogens is 2. The topological polar surface area (TPSA) is 46.5 Å². The molecule has 0 amide bonds. The zero-order valence-corrected chi connectivity index (χ0v) is 17.0. The maximum Gasteiger partial charge on any atom is 0.203 e. The molecule has 2 aromatic carbocycles. The minimum absolute atomic E-state index is 0.0116. The van der Waals surface area contributed by atoms with Crippen LogP contribution in [0.15, 0.2) is 52.9 Å². The quantitative estimate of drug-likeness (QED) is 0.234. The van der Waals surface area contributed by atoms with Gasteiger partial charge in [0.1, 0.15) is 5.82 Å². The number of rotatable bonds is 10. The molecular weight excluding hydrogens is 392 g/mol. The molecule has 0 aliphatic carbocycles. The van der Waals surface area contributed by atoms with Crippen LogP contribution in [0.3, 0.4) is 0 Å². The van der Waals surface area contributed by atoms with Crippen LogP contribution < -0.4 is 10.2 Å². The lowest BCUT2D eigenvalue weighted by molar-refractivity contribution is 0.289. The molecule has 0 aliphatic heterocycles. The van der Waals surface area contributed by atoms with Crippen molar-refractivity contribution in [3.05, 3.63) is 65.0 Å². The summed E-state index contributed by atoms with van der Waals surface area (Å²) in [6.07, 6.45) is 5.39. The van der Waals surface area contributed by atoms with Crippen molar-refractivity contribution >= 4 is 22.7 Å². The van der Waals surface area contributed by atoms with Crippen molar-refractivity contribution < 1.29 is 13.5 Å². The molecule has 4 nitrogen and oxygen atoms in total. The Labute approximate surface area is 173 Å². The Hall–Kier alpha value is -2.80. The first kappa shape index (κ1) is 20.9. The molecule has 0 atom stereocenters. The van der Waals surface area contributed by atoms with E-state index in [2.05, 4.69) is 22.4 Å². The highest BCUT2D eigenvalue weighted by Crippen LogP contribution is 2.26. The van der Waals surface area contributed by atoms with Crippen molar-refractivity contribution in [3.8, 4) is 17.0 Å². The summed E-state index contributed by atoms with van der Waals surface area (Å²) in [6.45, 7) is 2.50. The largest absolute Gasteiger partial charge is 0.490 e. The van der Waals surface area contributed by atoms with E-state index < -0.39 is 11.6 Å². The fraction of sp³-hybridized carbons (Fsp3) is 0.273. The smallest absolute Gasteiger partial charge is 0.203 e. The number of hydrogen-bond donors (Lipinski definition) is 1. The van der Waals surface area contributed by atoms with Gasteiger partial charge in [0.05, 0.1) is 18.5 Å². The highest BCUT2D eigenvalue weighted by Gasteiger charge is 2.12. The highest BCUT2D eigenvalue weighted by molar-refractivity contribution is 7.14. The number of thiazole rings is 1. The first-order chi connectivity index (χ1) is 14.2. The second kappa shape index (κ2) is 10.7. The Morgan fingerprint density at radius 2 is 1.97 bits per heavy atom. The molecule has 0 aliphatic rings. The zero-order chi connectivity index (χ0) is 20.5. The van der Waals surface area contributed by atoms with Crippen LogP contribution in [0.25, 0.3) is 11.3 Å². The van der Waals surface area contributed by atoms with Crippen LogP contribution in [0.4, 0.5) is 13.9 Å². The standard InChI is InChI=1S/C22H23F2N3OS/c1-2-3-4-8-11-28-21-17(12-18(23)13-19(21)24)14-25-27-22-26-20(15-29-22)16-9-6-5-7-10-16/h5-7,9-10,12-15H,2-4,8,11H2,1H3,(H,26,27). The number of anilines is 1. The third-order valence-electron chi connectivity index (χ3n) is 4.22. The van der Waals surface area contributed by atoms with Crippen LogP contribution in [-0.4, -0.2) is 17.8 Å². The van der Waals surface area contributed by atoms with Gasteiger partial charge in [0, 0.05) is 22.6 Å². The predicted octanol–water partition coefficient (Wildman–Crippen LogP) is 6.49. The van der Waals surface area contributed by atoms with E-state index >= 15 is 0 Å². The third kappa shape index (κ3) is 6.09. The number of hydrogen-bond acceptors (Lipinski definition) is 5. The number of aromatic nitrogens is 1. The Balaban J connectivity index is 1.66. The van der Waals surface area contributed by atoms with Crippen LogP contribution in [0.1, 0.15) is 38.2 Å². The highest BCUT2D eigenvalue weighted by atomic mass is 32.1. The molecule has 0 radical (unpaired) electrons. The molecule has 1 N–H and O–H groups in total. The number of nitrogens with zero attached hydrogens (tertiary/aromatic N) is 2. The van der Waals surface area contributed by atoms with Crippen molar-refractivity contribution in [1.29, 1.82) is 0 Å². The van der Waals surface area contributed by atoms with Crippen LogP contribution in [0, 0.1) is 11.6 Å². The van der Waals surface area contributed by atoms with Gasteiger partial charge in [0.2, 0.25) is 5.13 Å². The van der Waals surface area contributed by atoms with Gasteiger partial charge < -0.3 is 4.74 Å². The van der Waals surface area contributed by atoms with Gasteiger partial charge in [-0.3, -0.25) is 5.43 Å². The van der Waals surface area contributed by atoms with Gasteiger partial charge in [-0.1, -0.05) is 56.5 Å². The van der Waals surface area contributed by atoms with Gasteiger partial charge in [-0.05, 0) is 12.5 Å². The van der Waals surface area contributed by atoms with Crippen LogP contribution in [0.5, 0.6) is 5.75 Å². The summed E-state index contributed by atoms with van der Waals surface area (Å²) in [4.78, 5) is 4.46. The third-order valence-corrected chi connectivity index (χ3v) is 4.97. The van der Waals surface area contributed by atoms with Crippen molar-refractivity contribution in [1.82, 2.24) is 4.98 Å².